The maximum absolute atomic E-state index is 11.2. The number of carbonyl (C=O) groups excluding carboxylic acids is 4. The van der Waals surface area contributed by atoms with E-state index in [-0.39, 0.29) is 12.7 Å². The fourth-order valence-electron chi connectivity index (χ4n) is 1.97. The highest BCUT2D eigenvalue weighted by atomic mass is 16.9. The van der Waals surface area contributed by atoms with E-state index in [4.69, 9.17) is 23.4 Å². The Morgan fingerprint density at radius 2 is 1.36 bits per heavy atom. The van der Waals surface area contributed by atoms with Crippen molar-refractivity contribution in [1.82, 2.24) is 0 Å². The third kappa shape index (κ3) is 5.40. The van der Waals surface area contributed by atoms with E-state index in [0.29, 0.717) is 0 Å². The molecule has 0 N–H and O–H groups in total. The van der Waals surface area contributed by atoms with E-state index in [2.05, 4.69) is 0 Å². The molecule has 1 heterocycles. The van der Waals surface area contributed by atoms with Crippen LogP contribution in [0.1, 0.15) is 34.1 Å². The SMILES string of the molecule is CC(=O)OB1CCC(OC(C)=O)(OC(C)=O)OB1OC(C)=O. The van der Waals surface area contributed by atoms with Crippen LogP contribution in [0.25, 0.3) is 0 Å². The van der Waals surface area contributed by atoms with Gasteiger partial charge in [-0.1, -0.05) is 0 Å². The van der Waals surface area contributed by atoms with Gasteiger partial charge in [0.05, 0.1) is 6.42 Å². The Morgan fingerprint density at radius 1 is 0.864 bits per heavy atom. The predicted molar refractivity (Wildman–Crippen MR) is 71.8 cm³/mol. The van der Waals surface area contributed by atoms with Gasteiger partial charge in [-0.25, -0.2) is 0 Å². The van der Waals surface area contributed by atoms with Gasteiger partial charge in [0.2, 0.25) is 0 Å². The molecule has 1 saturated heterocycles. The van der Waals surface area contributed by atoms with E-state index >= 15 is 0 Å². The highest BCUT2D eigenvalue weighted by molar-refractivity contribution is 7.14. The van der Waals surface area contributed by atoms with Crippen molar-refractivity contribution in [2.45, 2.75) is 46.4 Å². The van der Waals surface area contributed by atoms with Gasteiger partial charge >= 0.3 is 31.7 Å². The van der Waals surface area contributed by atoms with Gasteiger partial charge in [-0.05, 0) is 6.32 Å². The summed E-state index contributed by atoms with van der Waals surface area (Å²) in [5.74, 6) is -4.83. The molecule has 11 heteroatoms. The van der Waals surface area contributed by atoms with E-state index in [1.165, 1.54) is 6.92 Å². The van der Waals surface area contributed by atoms with E-state index in [9.17, 15) is 19.2 Å². The lowest BCUT2D eigenvalue weighted by Gasteiger charge is -2.38. The smallest absolute Gasteiger partial charge is 0.535 e. The molecule has 1 aliphatic heterocycles. The second-order valence-electron chi connectivity index (χ2n) is 4.65. The summed E-state index contributed by atoms with van der Waals surface area (Å²) in [4.78, 5) is 44.6. The minimum absolute atomic E-state index is 0.0815. The van der Waals surface area contributed by atoms with Gasteiger partial charge in [-0.3, -0.25) is 19.2 Å². The van der Waals surface area contributed by atoms with E-state index in [1.807, 2.05) is 0 Å². The summed E-state index contributed by atoms with van der Waals surface area (Å²) in [5.41, 5.74) is 0. The van der Waals surface area contributed by atoms with Crippen molar-refractivity contribution in [3.8, 4) is 0 Å². The predicted octanol–water partition coefficient (Wildman–Crippen LogP) is -0.129. The van der Waals surface area contributed by atoms with Crippen LogP contribution < -0.4 is 0 Å². The normalized spacial score (nSPS) is 16.5. The number of rotatable bonds is 4. The first-order valence-electron chi connectivity index (χ1n) is 6.55. The molecule has 0 radical (unpaired) electrons. The Labute approximate surface area is 127 Å². The van der Waals surface area contributed by atoms with Crippen LogP contribution in [-0.2, 0) is 42.6 Å². The summed E-state index contributed by atoms with van der Waals surface area (Å²) < 4.78 is 25.0. The van der Waals surface area contributed by atoms with Crippen molar-refractivity contribution < 1.29 is 42.6 Å². The lowest BCUT2D eigenvalue weighted by Crippen LogP contribution is -2.59. The topological polar surface area (TPSA) is 114 Å². The molecule has 0 atom stereocenters. The lowest BCUT2D eigenvalue weighted by molar-refractivity contribution is -0.316. The standard InChI is InChI=1S/C11H16B2O9/c1-7(14)18-11(19-8(2)15)5-6-12(20-9(3)16)13(22-11)21-10(4)17/h5-6H2,1-4H3. The second kappa shape index (κ2) is 7.30. The zero-order valence-electron chi connectivity index (χ0n) is 12.7. The molecule has 0 aromatic rings. The molecule has 0 bridgehead atoms. The molecule has 1 rings (SSSR count). The minimum atomic E-state index is -2.02. The first-order chi connectivity index (χ1) is 10.1. The number of hydrogen-bond acceptors (Lipinski definition) is 9. The Hall–Kier alpha value is -2.03. The fraction of sp³-hybridized carbons (Fsp3) is 0.636. The molecule has 120 valence electrons. The number of ether oxygens (including phenoxy) is 2. The van der Waals surface area contributed by atoms with Crippen LogP contribution in [0.3, 0.4) is 0 Å². The molecule has 0 amide bonds. The van der Waals surface area contributed by atoms with Crippen LogP contribution >= 0.6 is 0 Å². The average Bonchev–Trinajstić information content (AvgIpc) is 2.29. The molecule has 9 nitrogen and oxygen atoms in total. The van der Waals surface area contributed by atoms with Crippen molar-refractivity contribution in [3.05, 3.63) is 0 Å². The average molecular weight is 314 g/mol. The Balaban J connectivity index is 2.97. The highest BCUT2D eigenvalue weighted by Gasteiger charge is 2.56. The summed E-state index contributed by atoms with van der Waals surface area (Å²) in [7, 11) is -1.37. The molecule has 0 unspecified atom stereocenters. The molecular weight excluding hydrogens is 298 g/mol. The van der Waals surface area contributed by atoms with Crippen molar-refractivity contribution in [2.24, 2.45) is 0 Å². The zero-order valence-corrected chi connectivity index (χ0v) is 12.7. The molecule has 0 aromatic carbocycles. The van der Waals surface area contributed by atoms with Crippen molar-refractivity contribution in [2.75, 3.05) is 0 Å². The Kier molecular flexibility index (Phi) is 5.98. The summed E-state index contributed by atoms with van der Waals surface area (Å²) in [6.45, 7) is 3.62. The molecule has 22 heavy (non-hydrogen) atoms. The zero-order chi connectivity index (χ0) is 16.9. The van der Waals surface area contributed by atoms with Crippen molar-refractivity contribution >= 4 is 37.7 Å². The van der Waals surface area contributed by atoms with Crippen LogP contribution in [0.5, 0.6) is 0 Å². The Morgan fingerprint density at radius 3 is 1.77 bits per heavy atom. The summed E-state index contributed by atoms with van der Waals surface area (Å²) in [6.07, 6.45) is 0.0138. The van der Waals surface area contributed by atoms with Crippen LogP contribution in [0.2, 0.25) is 6.32 Å². The monoisotopic (exact) mass is 314 g/mol. The molecule has 0 saturated carbocycles. The quantitative estimate of drug-likeness (QED) is 0.397. The maximum atomic E-state index is 11.2. The minimum Gasteiger partial charge on any atom is -0.535 e. The van der Waals surface area contributed by atoms with Gasteiger partial charge in [0.15, 0.2) is 0 Å². The lowest BCUT2D eigenvalue weighted by atomic mass is 9.32. The van der Waals surface area contributed by atoms with Crippen LogP contribution in [0.15, 0.2) is 0 Å². The van der Waals surface area contributed by atoms with Gasteiger partial charge in [0.25, 0.3) is 11.9 Å². The summed E-state index contributed by atoms with van der Waals surface area (Å²) in [6, 6.07) is 0. The van der Waals surface area contributed by atoms with Gasteiger partial charge in [-0.15, -0.1) is 0 Å². The van der Waals surface area contributed by atoms with Crippen molar-refractivity contribution in [1.29, 1.82) is 0 Å². The third-order valence-electron chi connectivity index (χ3n) is 2.53. The molecule has 1 fully saturated rings. The third-order valence-corrected chi connectivity index (χ3v) is 2.53. The first kappa shape index (κ1) is 18.0. The van der Waals surface area contributed by atoms with Crippen LogP contribution in [0, 0.1) is 0 Å². The van der Waals surface area contributed by atoms with Gasteiger partial charge < -0.3 is 23.4 Å². The molecule has 0 aliphatic carbocycles. The molecule has 1 aliphatic rings. The number of carbonyl (C=O) groups is 4. The second-order valence-corrected chi connectivity index (χ2v) is 4.65. The largest absolute Gasteiger partial charge is 0.535 e. The van der Waals surface area contributed by atoms with Crippen LogP contribution in [0.4, 0.5) is 0 Å². The fourth-order valence-corrected chi connectivity index (χ4v) is 1.97. The van der Waals surface area contributed by atoms with E-state index < -0.39 is 43.7 Å². The molecule has 0 aromatic heterocycles. The highest BCUT2D eigenvalue weighted by Crippen LogP contribution is 2.31. The molecular formula is C11H16B2O9. The molecule has 0 spiro atoms. The maximum Gasteiger partial charge on any atom is 0.535 e. The van der Waals surface area contributed by atoms with Gasteiger partial charge in [0, 0.05) is 27.7 Å². The van der Waals surface area contributed by atoms with E-state index in [1.54, 1.807) is 0 Å². The summed E-state index contributed by atoms with van der Waals surface area (Å²) >= 11 is 0. The number of esters is 2. The van der Waals surface area contributed by atoms with Crippen LogP contribution in [-0.4, -0.2) is 43.7 Å². The first-order valence-corrected chi connectivity index (χ1v) is 6.55. The summed E-state index contributed by atoms with van der Waals surface area (Å²) in [5, 5.41) is 0. The Bertz CT molecular complexity index is 462. The van der Waals surface area contributed by atoms with Gasteiger partial charge in [0.1, 0.15) is 0 Å². The van der Waals surface area contributed by atoms with E-state index in [0.717, 1.165) is 20.8 Å². The van der Waals surface area contributed by atoms with Gasteiger partial charge in [-0.2, -0.15) is 0 Å². The number of hydrogen-bond donors (Lipinski definition) is 0. The van der Waals surface area contributed by atoms with Crippen molar-refractivity contribution in [3.63, 3.8) is 0 Å².